The number of nitrogens with two attached hydrogens (primary N) is 1. The summed E-state index contributed by atoms with van der Waals surface area (Å²) in [6, 6.07) is 0.419. The minimum Gasteiger partial charge on any atom is -0.350 e. The smallest absolute Gasteiger partial charge is 0.243 e. The molecule has 2 rings (SSSR count). The van der Waals surface area contributed by atoms with Gasteiger partial charge in [-0.15, -0.1) is 0 Å². The van der Waals surface area contributed by atoms with Gasteiger partial charge < -0.3 is 10.2 Å². The van der Waals surface area contributed by atoms with Gasteiger partial charge in [0.2, 0.25) is 17.8 Å². The first-order valence-electron chi connectivity index (χ1n) is 6.92. The zero-order valence-electron chi connectivity index (χ0n) is 12.3. The second kappa shape index (κ2) is 6.94. The quantitative estimate of drug-likeness (QED) is 0.535. The highest BCUT2D eigenvalue weighted by atomic mass is 32.2. The van der Waals surface area contributed by atoms with E-state index in [-0.39, 0.29) is 0 Å². The number of thioether (sulfide) groups is 1. The molecule has 1 aromatic rings. The number of nitrogen functional groups attached to an aromatic ring is 1. The summed E-state index contributed by atoms with van der Waals surface area (Å²) in [6.07, 6.45) is 3.67. The molecular weight excluding hydrogens is 274 g/mol. The van der Waals surface area contributed by atoms with Crippen LogP contribution in [-0.4, -0.2) is 46.1 Å². The number of hydrogen-bond acceptors (Lipinski definition) is 8. The Balaban J connectivity index is 2.13. The Kier molecular flexibility index (Phi) is 5.24. The predicted octanol–water partition coefficient (Wildman–Crippen LogP) is 1.31. The van der Waals surface area contributed by atoms with Gasteiger partial charge in [0, 0.05) is 25.4 Å². The fourth-order valence-corrected chi connectivity index (χ4v) is 3.56. The maximum Gasteiger partial charge on any atom is 0.243 e. The molecule has 8 heteroatoms. The third-order valence-electron chi connectivity index (χ3n) is 3.30. The van der Waals surface area contributed by atoms with Gasteiger partial charge in [0.15, 0.2) is 0 Å². The van der Waals surface area contributed by atoms with E-state index in [1.165, 1.54) is 12.8 Å². The van der Waals surface area contributed by atoms with Crippen molar-refractivity contribution in [1.82, 2.24) is 15.0 Å². The van der Waals surface area contributed by atoms with Crippen molar-refractivity contribution in [3.63, 3.8) is 0 Å². The Morgan fingerprint density at radius 1 is 1.25 bits per heavy atom. The highest BCUT2D eigenvalue weighted by Gasteiger charge is 2.28. The van der Waals surface area contributed by atoms with Gasteiger partial charge in [-0.3, -0.25) is 5.43 Å². The summed E-state index contributed by atoms with van der Waals surface area (Å²) in [5, 5.41) is 4.07. The van der Waals surface area contributed by atoms with Crippen LogP contribution in [0, 0.1) is 0 Å². The van der Waals surface area contributed by atoms with Crippen LogP contribution >= 0.6 is 11.8 Å². The molecule has 0 amide bonds. The monoisotopic (exact) mass is 297 g/mol. The first-order valence-corrected chi connectivity index (χ1v) is 7.97. The van der Waals surface area contributed by atoms with E-state index in [1.54, 1.807) is 0 Å². The Morgan fingerprint density at radius 2 is 2.00 bits per heavy atom. The van der Waals surface area contributed by atoms with E-state index in [1.807, 2.05) is 30.8 Å². The van der Waals surface area contributed by atoms with Crippen LogP contribution in [0.5, 0.6) is 0 Å². The van der Waals surface area contributed by atoms with E-state index in [0.29, 0.717) is 29.1 Å². The van der Waals surface area contributed by atoms with Gasteiger partial charge in [0.25, 0.3) is 0 Å². The van der Waals surface area contributed by atoms with Gasteiger partial charge in [-0.05, 0) is 18.6 Å². The third kappa shape index (κ3) is 3.63. The first-order chi connectivity index (χ1) is 9.63. The second-order valence-electron chi connectivity index (χ2n) is 5.00. The van der Waals surface area contributed by atoms with Crippen LogP contribution < -0.4 is 21.5 Å². The molecule has 1 fully saturated rings. The van der Waals surface area contributed by atoms with E-state index in [0.717, 1.165) is 12.2 Å². The van der Waals surface area contributed by atoms with Crippen LogP contribution in [0.3, 0.4) is 0 Å². The van der Waals surface area contributed by atoms with Crippen LogP contribution in [0.25, 0.3) is 0 Å². The van der Waals surface area contributed by atoms with Gasteiger partial charge in [-0.1, -0.05) is 13.3 Å². The highest BCUT2D eigenvalue weighted by Crippen LogP contribution is 2.31. The van der Waals surface area contributed by atoms with E-state index in [4.69, 9.17) is 5.84 Å². The SMILES string of the molecule is CCSC1CCCC1Nc1nc(NN)nc(N(C)C)n1. The van der Waals surface area contributed by atoms with Crippen LogP contribution in [0.15, 0.2) is 0 Å². The molecule has 1 saturated carbocycles. The molecular formula is C12H23N7S. The van der Waals surface area contributed by atoms with Gasteiger partial charge >= 0.3 is 0 Å². The zero-order chi connectivity index (χ0) is 14.5. The molecule has 0 radical (unpaired) electrons. The maximum atomic E-state index is 5.42. The Morgan fingerprint density at radius 3 is 2.65 bits per heavy atom. The first kappa shape index (κ1) is 15.1. The molecule has 4 N–H and O–H groups in total. The summed E-state index contributed by atoms with van der Waals surface area (Å²) in [7, 11) is 3.79. The normalized spacial score (nSPS) is 21.8. The van der Waals surface area contributed by atoms with Crippen molar-refractivity contribution in [1.29, 1.82) is 0 Å². The third-order valence-corrected chi connectivity index (χ3v) is 4.63. The molecule has 112 valence electrons. The Bertz CT molecular complexity index is 440. The lowest BCUT2D eigenvalue weighted by Crippen LogP contribution is -2.28. The Labute approximate surface area is 124 Å². The standard InChI is InChI=1S/C12H23N7S/c1-4-20-9-7-5-6-8(9)14-10-15-11(18-13)17-12(16-10)19(2)3/h8-9H,4-7,13H2,1-3H3,(H2,14,15,16,17,18). The van der Waals surface area contributed by atoms with Crippen molar-refractivity contribution < 1.29 is 0 Å². The summed E-state index contributed by atoms with van der Waals surface area (Å²) in [5.74, 6) is 8.11. The molecule has 0 saturated heterocycles. The molecule has 0 spiro atoms. The number of rotatable bonds is 6. The molecule has 2 atom stereocenters. The summed E-state index contributed by atoms with van der Waals surface area (Å²) in [5.41, 5.74) is 2.49. The fourth-order valence-electron chi connectivity index (χ4n) is 2.36. The number of nitrogens with one attached hydrogen (secondary N) is 2. The molecule has 1 aromatic heterocycles. The van der Waals surface area contributed by atoms with Crippen molar-refractivity contribution in [2.45, 2.75) is 37.5 Å². The highest BCUT2D eigenvalue weighted by molar-refractivity contribution is 7.99. The van der Waals surface area contributed by atoms with Crippen molar-refractivity contribution in [3.8, 4) is 0 Å². The lowest BCUT2D eigenvalue weighted by Gasteiger charge is -2.21. The molecule has 7 nitrogen and oxygen atoms in total. The number of hydrazine groups is 1. The fraction of sp³-hybridized carbons (Fsp3) is 0.750. The molecule has 1 aliphatic carbocycles. The largest absolute Gasteiger partial charge is 0.350 e. The van der Waals surface area contributed by atoms with E-state index in [9.17, 15) is 0 Å². The minimum atomic E-state index is 0.379. The van der Waals surface area contributed by atoms with Gasteiger partial charge in [-0.2, -0.15) is 26.7 Å². The van der Waals surface area contributed by atoms with E-state index < -0.39 is 0 Å². The summed E-state index contributed by atoms with van der Waals surface area (Å²) >= 11 is 2.00. The van der Waals surface area contributed by atoms with Crippen molar-refractivity contribution in [2.24, 2.45) is 5.84 Å². The van der Waals surface area contributed by atoms with Gasteiger partial charge in [0.05, 0.1) is 0 Å². The Hall–Kier alpha value is -1.28. The lowest BCUT2D eigenvalue weighted by molar-refractivity contribution is 0.752. The maximum absolute atomic E-state index is 5.42. The van der Waals surface area contributed by atoms with Gasteiger partial charge in [0.1, 0.15) is 0 Å². The summed E-state index contributed by atoms with van der Waals surface area (Å²) < 4.78 is 0. The molecule has 1 aliphatic rings. The van der Waals surface area contributed by atoms with Crippen molar-refractivity contribution in [3.05, 3.63) is 0 Å². The number of nitrogens with zero attached hydrogens (tertiary/aromatic N) is 4. The van der Waals surface area contributed by atoms with Crippen LogP contribution in [-0.2, 0) is 0 Å². The average Bonchev–Trinajstić information content (AvgIpc) is 2.86. The molecule has 0 bridgehead atoms. The molecule has 20 heavy (non-hydrogen) atoms. The number of hydrogen-bond donors (Lipinski definition) is 3. The van der Waals surface area contributed by atoms with Crippen LogP contribution in [0.4, 0.5) is 17.8 Å². The van der Waals surface area contributed by atoms with E-state index >= 15 is 0 Å². The number of aromatic nitrogens is 3. The molecule has 2 unspecified atom stereocenters. The lowest BCUT2D eigenvalue weighted by atomic mass is 10.2. The zero-order valence-corrected chi connectivity index (χ0v) is 13.1. The van der Waals surface area contributed by atoms with Gasteiger partial charge in [-0.25, -0.2) is 5.84 Å². The summed E-state index contributed by atoms with van der Waals surface area (Å²) in [4.78, 5) is 14.8. The van der Waals surface area contributed by atoms with Crippen molar-refractivity contribution >= 4 is 29.6 Å². The molecule has 1 heterocycles. The molecule has 0 aromatic carbocycles. The summed E-state index contributed by atoms with van der Waals surface area (Å²) in [6.45, 7) is 2.20. The number of anilines is 3. The topological polar surface area (TPSA) is 92.0 Å². The van der Waals surface area contributed by atoms with E-state index in [2.05, 4.69) is 32.6 Å². The van der Waals surface area contributed by atoms with Crippen LogP contribution in [0.1, 0.15) is 26.2 Å². The minimum absolute atomic E-state index is 0.379. The van der Waals surface area contributed by atoms with Crippen molar-refractivity contribution in [2.75, 3.05) is 35.5 Å². The predicted molar refractivity (Wildman–Crippen MR) is 85.1 cm³/mol. The van der Waals surface area contributed by atoms with Crippen LogP contribution in [0.2, 0.25) is 0 Å². The average molecular weight is 297 g/mol. The second-order valence-corrected chi connectivity index (χ2v) is 6.51. The molecule has 0 aliphatic heterocycles.